The molecule has 234 valence electrons. The Hall–Kier alpha value is -3.23. The second kappa shape index (κ2) is 15.7. The van der Waals surface area contributed by atoms with E-state index >= 15 is 0 Å². The molecule has 0 aromatic heterocycles. The lowest BCUT2D eigenvalue weighted by Crippen LogP contribution is -2.56. The molecule has 2 amide bonds. The topological polar surface area (TPSA) is 67.9 Å². The molecule has 3 unspecified atom stereocenters. The molecule has 0 radical (unpaired) electrons. The van der Waals surface area contributed by atoms with E-state index in [4.69, 9.17) is 11.6 Å². The molecule has 1 saturated heterocycles. The SMILES string of the molecule is CCN(CC)CC(c1ccccc1)N1CCN(C(=O)C(Cc2ccc(Cl)cc2)NC(=O)CC2NCCc3ccccc32)CC1. The maximum absolute atomic E-state index is 14.1. The average molecular weight is 616 g/mol. The summed E-state index contributed by atoms with van der Waals surface area (Å²) in [5, 5.41) is 7.28. The summed E-state index contributed by atoms with van der Waals surface area (Å²) in [5.74, 6) is -0.140. The normalized spacial score (nSPS) is 18.5. The van der Waals surface area contributed by atoms with Crippen LogP contribution in [0.3, 0.4) is 0 Å². The van der Waals surface area contributed by atoms with Gasteiger partial charge in [0.1, 0.15) is 6.04 Å². The summed E-state index contributed by atoms with van der Waals surface area (Å²) in [5.41, 5.74) is 4.73. The number of halogens is 1. The molecule has 2 N–H and O–H groups in total. The van der Waals surface area contributed by atoms with Gasteiger partial charge in [-0.3, -0.25) is 14.5 Å². The average Bonchev–Trinajstić information content (AvgIpc) is 3.06. The maximum atomic E-state index is 14.1. The zero-order valence-electron chi connectivity index (χ0n) is 26.1. The minimum Gasteiger partial charge on any atom is -0.344 e. The van der Waals surface area contributed by atoms with Gasteiger partial charge in [-0.2, -0.15) is 0 Å². The molecule has 0 aliphatic carbocycles. The first kappa shape index (κ1) is 32.2. The van der Waals surface area contributed by atoms with E-state index in [1.807, 2.05) is 41.3 Å². The van der Waals surface area contributed by atoms with Crippen LogP contribution < -0.4 is 10.6 Å². The van der Waals surface area contributed by atoms with Gasteiger partial charge in [0.15, 0.2) is 0 Å². The lowest BCUT2D eigenvalue weighted by atomic mass is 9.92. The Morgan fingerprint density at radius 2 is 1.61 bits per heavy atom. The Morgan fingerprint density at radius 1 is 0.932 bits per heavy atom. The Balaban J connectivity index is 1.27. The second-order valence-corrected chi connectivity index (χ2v) is 12.3. The molecule has 0 spiro atoms. The summed E-state index contributed by atoms with van der Waals surface area (Å²) in [6.45, 7) is 11.1. The van der Waals surface area contributed by atoms with Crippen molar-refractivity contribution in [1.82, 2.24) is 25.3 Å². The molecule has 2 heterocycles. The quantitative estimate of drug-likeness (QED) is 0.304. The molecule has 2 aliphatic heterocycles. The van der Waals surface area contributed by atoms with E-state index < -0.39 is 6.04 Å². The molecule has 0 bridgehead atoms. The number of hydrogen-bond acceptors (Lipinski definition) is 5. The number of rotatable bonds is 12. The van der Waals surface area contributed by atoms with Gasteiger partial charge in [-0.15, -0.1) is 0 Å². The third kappa shape index (κ3) is 8.27. The molecule has 1 fully saturated rings. The number of carbonyl (C=O) groups excluding carboxylic acids is 2. The number of hydrogen-bond donors (Lipinski definition) is 2. The Labute approximate surface area is 267 Å². The Kier molecular flexibility index (Phi) is 11.5. The molecular weight excluding hydrogens is 570 g/mol. The second-order valence-electron chi connectivity index (χ2n) is 11.9. The fourth-order valence-corrected chi connectivity index (χ4v) is 6.70. The molecule has 5 rings (SSSR count). The summed E-state index contributed by atoms with van der Waals surface area (Å²) in [7, 11) is 0. The number of fused-ring (bicyclic) bond motifs is 1. The van der Waals surface area contributed by atoms with Gasteiger partial charge in [-0.05, 0) is 60.4 Å². The first-order chi connectivity index (χ1) is 21.4. The van der Waals surface area contributed by atoms with Gasteiger partial charge in [-0.1, -0.05) is 92.2 Å². The fourth-order valence-electron chi connectivity index (χ4n) is 6.58. The highest BCUT2D eigenvalue weighted by Gasteiger charge is 2.32. The van der Waals surface area contributed by atoms with E-state index in [1.165, 1.54) is 16.7 Å². The van der Waals surface area contributed by atoms with Gasteiger partial charge in [-0.25, -0.2) is 0 Å². The van der Waals surface area contributed by atoms with Crippen molar-refractivity contribution in [1.29, 1.82) is 0 Å². The van der Waals surface area contributed by atoms with Gasteiger partial charge >= 0.3 is 0 Å². The highest BCUT2D eigenvalue weighted by Crippen LogP contribution is 2.26. The summed E-state index contributed by atoms with van der Waals surface area (Å²) in [4.78, 5) is 34.4. The molecule has 7 nitrogen and oxygen atoms in total. The standard InChI is InChI=1S/C36H46ClN5O2/c1-3-40(4-2)26-34(29-11-6-5-7-12-29)41-20-22-42(23-21-41)36(44)33(24-27-14-16-30(37)17-15-27)39-35(43)25-32-31-13-9-8-10-28(31)18-19-38-32/h5-17,32-34,38H,3-4,18-26H2,1-2H3,(H,39,43). The largest absolute Gasteiger partial charge is 0.344 e. The van der Waals surface area contributed by atoms with Crippen LogP contribution in [0.5, 0.6) is 0 Å². The Morgan fingerprint density at radius 3 is 2.32 bits per heavy atom. The van der Waals surface area contributed by atoms with Gasteiger partial charge < -0.3 is 20.4 Å². The monoisotopic (exact) mass is 615 g/mol. The lowest BCUT2D eigenvalue weighted by molar-refractivity contribution is -0.138. The summed E-state index contributed by atoms with van der Waals surface area (Å²) in [6.07, 6.45) is 1.67. The molecule has 3 aromatic carbocycles. The number of nitrogens with one attached hydrogen (secondary N) is 2. The number of piperazine rings is 1. The van der Waals surface area contributed by atoms with Gasteiger partial charge in [0.2, 0.25) is 11.8 Å². The molecule has 44 heavy (non-hydrogen) atoms. The summed E-state index contributed by atoms with van der Waals surface area (Å²) < 4.78 is 0. The Bertz CT molecular complexity index is 1360. The van der Waals surface area contributed by atoms with E-state index in [2.05, 4.69) is 76.7 Å². The molecule has 8 heteroatoms. The van der Waals surface area contributed by atoms with Crippen molar-refractivity contribution in [2.75, 3.05) is 52.4 Å². The van der Waals surface area contributed by atoms with Crippen molar-refractivity contribution in [2.45, 2.75) is 51.2 Å². The van der Waals surface area contributed by atoms with Crippen LogP contribution in [0, 0.1) is 0 Å². The van der Waals surface area contributed by atoms with Crippen LogP contribution in [0.1, 0.15) is 54.6 Å². The van der Waals surface area contributed by atoms with E-state index in [0.717, 1.165) is 51.3 Å². The van der Waals surface area contributed by atoms with Crippen molar-refractivity contribution >= 4 is 23.4 Å². The molecular formula is C36H46ClN5O2. The van der Waals surface area contributed by atoms with E-state index in [0.29, 0.717) is 31.0 Å². The zero-order chi connectivity index (χ0) is 30.9. The highest BCUT2D eigenvalue weighted by atomic mass is 35.5. The molecule has 3 atom stereocenters. The smallest absolute Gasteiger partial charge is 0.245 e. The highest BCUT2D eigenvalue weighted by molar-refractivity contribution is 6.30. The first-order valence-electron chi connectivity index (χ1n) is 16.1. The van der Waals surface area contributed by atoms with Crippen molar-refractivity contribution < 1.29 is 9.59 Å². The van der Waals surface area contributed by atoms with Gasteiger partial charge in [0.25, 0.3) is 0 Å². The van der Waals surface area contributed by atoms with E-state index in [-0.39, 0.29) is 23.9 Å². The number of carbonyl (C=O) groups is 2. The van der Waals surface area contributed by atoms with Crippen LogP contribution in [0.4, 0.5) is 0 Å². The van der Waals surface area contributed by atoms with Gasteiger partial charge in [0.05, 0.1) is 0 Å². The molecule has 0 saturated carbocycles. The van der Waals surface area contributed by atoms with Crippen LogP contribution in [-0.4, -0.2) is 84.9 Å². The lowest BCUT2D eigenvalue weighted by Gasteiger charge is -2.42. The van der Waals surface area contributed by atoms with Crippen LogP contribution in [0.2, 0.25) is 5.02 Å². The van der Waals surface area contributed by atoms with E-state index in [9.17, 15) is 9.59 Å². The first-order valence-corrected chi connectivity index (χ1v) is 16.5. The third-order valence-electron chi connectivity index (χ3n) is 9.17. The van der Waals surface area contributed by atoms with Crippen molar-refractivity contribution in [3.8, 4) is 0 Å². The number of likely N-dealkylation sites (N-methyl/N-ethyl adjacent to an activating group) is 1. The van der Waals surface area contributed by atoms with Crippen LogP contribution in [-0.2, 0) is 22.4 Å². The fraction of sp³-hybridized carbons (Fsp3) is 0.444. The van der Waals surface area contributed by atoms with Crippen LogP contribution in [0.15, 0.2) is 78.9 Å². The molecule has 3 aromatic rings. The molecule has 2 aliphatic rings. The van der Waals surface area contributed by atoms with Crippen LogP contribution >= 0.6 is 11.6 Å². The van der Waals surface area contributed by atoms with Gasteiger partial charge in [0, 0.05) is 62.7 Å². The van der Waals surface area contributed by atoms with Crippen LogP contribution in [0.25, 0.3) is 0 Å². The summed E-state index contributed by atoms with van der Waals surface area (Å²) in [6, 6.07) is 26.1. The number of nitrogens with zero attached hydrogens (tertiary/aromatic N) is 3. The predicted molar refractivity (Wildman–Crippen MR) is 178 cm³/mol. The third-order valence-corrected chi connectivity index (χ3v) is 9.42. The minimum atomic E-state index is -0.644. The number of amides is 2. The van der Waals surface area contributed by atoms with Crippen molar-refractivity contribution in [3.63, 3.8) is 0 Å². The van der Waals surface area contributed by atoms with Crippen molar-refractivity contribution in [3.05, 3.63) is 106 Å². The zero-order valence-corrected chi connectivity index (χ0v) is 26.8. The number of benzene rings is 3. The minimum absolute atomic E-state index is 0.0232. The van der Waals surface area contributed by atoms with E-state index in [1.54, 1.807) is 0 Å². The predicted octanol–water partition coefficient (Wildman–Crippen LogP) is 4.87. The summed E-state index contributed by atoms with van der Waals surface area (Å²) >= 11 is 6.14. The van der Waals surface area contributed by atoms with Crippen molar-refractivity contribution in [2.24, 2.45) is 0 Å². The maximum Gasteiger partial charge on any atom is 0.245 e.